The number of hydrogen-bond acceptors (Lipinski definition) is 5. The predicted octanol–water partition coefficient (Wildman–Crippen LogP) is 4.25. The Kier molecular flexibility index (Phi) is 5.86. The highest BCUT2D eigenvalue weighted by Crippen LogP contribution is 2.38. The van der Waals surface area contributed by atoms with Gasteiger partial charge in [0.25, 0.3) is 5.91 Å². The van der Waals surface area contributed by atoms with Gasteiger partial charge in [-0.2, -0.15) is 4.99 Å². The van der Waals surface area contributed by atoms with Crippen molar-refractivity contribution >= 4 is 43.4 Å². The number of aromatic nitrogens is 1. The molecule has 8 heteroatoms. The summed E-state index contributed by atoms with van der Waals surface area (Å²) in [6, 6.07) is 9.23. The predicted molar refractivity (Wildman–Crippen MR) is 109 cm³/mol. The van der Waals surface area contributed by atoms with Crippen molar-refractivity contribution in [3.05, 3.63) is 45.2 Å². The van der Waals surface area contributed by atoms with Crippen LogP contribution >= 0.6 is 27.3 Å². The van der Waals surface area contributed by atoms with Gasteiger partial charge in [0.05, 0.1) is 31.5 Å². The highest BCUT2D eigenvalue weighted by Gasteiger charge is 2.17. The number of carbonyl (C=O) groups excluding carboxylic acids is 1. The average molecular weight is 451 g/mol. The molecular weight excluding hydrogens is 432 g/mol. The Morgan fingerprint density at radius 3 is 2.33 bits per heavy atom. The molecule has 0 saturated carbocycles. The van der Waals surface area contributed by atoms with E-state index < -0.39 is 0 Å². The van der Waals surface area contributed by atoms with E-state index in [9.17, 15) is 4.79 Å². The van der Waals surface area contributed by atoms with E-state index in [1.807, 2.05) is 29.7 Å². The maximum atomic E-state index is 12.8. The number of halogens is 1. The smallest absolute Gasteiger partial charge is 0.279 e. The van der Waals surface area contributed by atoms with Gasteiger partial charge in [0.2, 0.25) is 5.75 Å². The second-order valence-corrected chi connectivity index (χ2v) is 7.50. The van der Waals surface area contributed by atoms with Crippen molar-refractivity contribution in [1.29, 1.82) is 0 Å². The van der Waals surface area contributed by atoms with Crippen molar-refractivity contribution in [2.45, 2.75) is 13.5 Å². The SMILES string of the molecule is CCn1c(=NC(=O)c2cc(OC)c(OC)c(OC)c2)sc2cc(Br)ccc21. The summed E-state index contributed by atoms with van der Waals surface area (Å²) in [5, 5.41) is 0. The zero-order valence-corrected chi connectivity index (χ0v) is 17.8. The fraction of sp³-hybridized carbons (Fsp3) is 0.263. The van der Waals surface area contributed by atoms with Crippen LogP contribution in [0.5, 0.6) is 17.2 Å². The molecule has 6 nitrogen and oxygen atoms in total. The maximum Gasteiger partial charge on any atom is 0.279 e. The molecule has 0 aliphatic heterocycles. The highest BCUT2D eigenvalue weighted by atomic mass is 79.9. The molecule has 2 aromatic carbocycles. The van der Waals surface area contributed by atoms with E-state index in [1.54, 1.807) is 12.1 Å². The van der Waals surface area contributed by atoms with Crippen LogP contribution in [0.4, 0.5) is 0 Å². The number of hydrogen-bond donors (Lipinski definition) is 0. The molecule has 0 spiro atoms. The molecule has 1 aromatic heterocycles. The lowest BCUT2D eigenvalue weighted by atomic mass is 10.1. The molecule has 1 heterocycles. The first-order valence-corrected chi connectivity index (χ1v) is 9.81. The molecule has 0 atom stereocenters. The molecule has 0 unspecified atom stereocenters. The van der Waals surface area contributed by atoms with Crippen LogP contribution in [0.15, 0.2) is 39.8 Å². The van der Waals surface area contributed by atoms with Crippen molar-refractivity contribution < 1.29 is 19.0 Å². The molecule has 27 heavy (non-hydrogen) atoms. The Hall–Kier alpha value is -2.32. The van der Waals surface area contributed by atoms with Crippen molar-refractivity contribution in [1.82, 2.24) is 4.57 Å². The van der Waals surface area contributed by atoms with Gasteiger partial charge in [-0.05, 0) is 37.3 Å². The number of thiazole rings is 1. The largest absolute Gasteiger partial charge is 0.493 e. The van der Waals surface area contributed by atoms with Gasteiger partial charge in [-0.1, -0.05) is 27.3 Å². The molecule has 0 aliphatic rings. The number of ether oxygens (including phenoxy) is 3. The Labute approximate surface area is 169 Å². The Morgan fingerprint density at radius 2 is 1.78 bits per heavy atom. The topological polar surface area (TPSA) is 62.1 Å². The quantitative estimate of drug-likeness (QED) is 0.582. The summed E-state index contributed by atoms with van der Waals surface area (Å²) in [5.41, 5.74) is 1.41. The van der Waals surface area contributed by atoms with Crippen LogP contribution in [0, 0.1) is 0 Å². The van der Waals surface area contributed by atoms with E-state index in [4.69, 9.17) is 14.2 Å². The number of benzene rings is 2. The summed E-state index contributed by atoms with van der Waals surface area (Å²) in [5.74, 6) is 0.895. The summed E-state index contributed by atoms with van der Waals surface area (Å²) in [6.07, 6.45) is 0. The monoisotopic (exact) mass is 450 g/mol. The first-order chi connectivity index (χ1) is 13.0. The van der Waals surface area contributed by atoms with E-state index in [-0.39, 0.29) is 5.91 Å². The number of methoxy groups -OCH3 is 3. The van der Waals surface area contributed by atoms with E-state index in [0.717, 1.165) is 14.7 Å². The van der Waals surface area contributed by atoms with Crippen molar-refractivity contribution in [3.63, 3.8) is 0 Å². The fourth-order valence-corrected chi connectivity index (χ4v) is 4.44. The van der Waals surface area contributed by atoms with Crippen LogP contribution in [-0.4, -0.2) is 31.8 Å². The number of carbonyl (C=O) groups is 1. The molecule has 3 aromatic rings. The third-order valence-corrected chi connectivity index (χ3v) is 5.60. The van der Waals surface area contributed by atoms with Gasteiger partial charge in [-0.3, -0.25) is 4.79 Å². The average Bonchev–Trinajstić information content (AvgIpc) is 3.02. The summed E-state index contributed by atoms with van der Waals surface area (Å²) in [6.45, 7) is 2.74. The summed E-state index contributed by atoms with van der Waals surface area (Å²) >= 11 is 4.95. The van der Waals surface area contributed by atoms with Crippen molar-refractivity contribution in [2.75, 3.05) is 21.3 Å². The van der Waals surface area contributed by atoms with E-state index in [1.165, 1.54) is 32.7 Å². The van der Waals surface area contributed by atoms with Gasteiger partial charge in [0.1, 0.15) is 0 Å². The van der Waals surface area contributed by atoms with Crippen molar-refractivity contribution in [3.8, 4) is 17.2 Å². The van der Waals surface area contributed by atoms with Crippen LogP contribution in [0.3, 0.4) is 0 Å². The molecular formula is C19H19BrN2O4S. The molecule has 0 aliphatic carbocycles. The van der Waals surface area contributed by atoms with Crippen LogP contribution in [-0.2, 0) is 6.54 Å². The van der Waals surface area contributed by atoms with Crippen LogP contribution in [0.1, 0.15) is 17.3 Å². The number of nitrogens with zero attached hydrogens (tertiary/aromatic N) is 2. The Bertz CT molecular complexity index is 1050. The number of fused-ring (bicyclic) bond motifs is 1. The van der Waals surface area contributed by atoms with Gasteiger partial charge in [-0.25, -0.2) is 0 Å². The highest BCUT2D eigenvalue weighted by molar-refractivity contribution is 9.10. The summed E-state index contributed by atoms with van der Waals surface area (Å²) in [7, 11) is 4.54. The molecule has 3 rings (SSSR count). The van der Waals surface area contributed by atoms with Gasteiger partial charge < -0.3 is 18.8 Å². The van der Waals surface area contributed by atoms with Crippen LogP contribution in [0.25, 0.3) is 10.2 Å². The van der Waals surface area contributed by atoms with Crippen LogP contribution in [0.2, 0.25) is 0 Å². The number of rotatable bonds is 5. The third kappa shape index (κ3) is 3.72. The normalized spacial score (nSPS) is 11.7. The molecule has 0 bridgehead atoms. The zero-order chi connectivity index (χ0) is 19.6. The standard InChI is InChI=1S/C19H19BrN2O4S/c1-5-22-13-7-6-12(20)10-16(13)27-19(22)21-18(23)11-8-14(24-2)17(26-4)15(9-11)25-3/h6-10H,5H2,1-4H3. The molecule has 0 radical (unpaired) electrons. The van der Waals surface area contributed by atoms with E-state index in [0.29, 0.717) is 34.2 Å². The lowest BCUT2D eigenvalue weighted by Gasteiger charge is -2.12. The van der Waals surface area contributed by atoms with Gasteiger partial charge in [0, 0.05) is 16.6 Å². The Balaban J connectivity index is 2.13. The lowest BCUT2D eigenvalue weighted by molar-refractivity contribution is 0.0997. The second-order valence-electron chi connectivity index (χ2n) is 5.57. The molecule has 0 fully saturated rings. The zero-order valence-electron chi connectivity index (χ0n) is 15.4. The first-order valence-electron chi connectivity index (χ1n) is 8.20. The number of aryl methyl sites for hydroxylation is 1. The van der Waals surface area contributed by atoms with Crippen molar-refractivity contribution in [2.24, 2.45) is 4.99 Å². The minimum absolute atomic E-state index is 0.366. The van der Waals surface area contributed by atoms with E-state index in [2.05, 4.69) is 20.9 Å². The lowest BCUT2D eigenvalue weighted by Crippen LogP contribution is -2.16. The van der Waals surface area contributed by atoms with Gasteiger partial charge in [0.15, 0.2) is 16.3 Å². The molecule has 0 N–H and O–H groups in total. The van der Waals surface area contributed by atoms with Crippen LogP contribution < -0.4 is 19.0 Å². The second kappa shape index (κ2) is 8.14. The number of amides is 1. The summed E-state index contributed by atoms with van der Waals surface area (Å²) < 4.78 is 20.0. The van der Waals surface area contributed by atoms with E-state index >= 15 is 0 Å². The molecule has 0 saturated heterocycles. The molecule has 1 amide bonds. The fourth-order valence-electron chi connectivity index (χ4n) is 2.79. The Morgan fingerprint density at radius 1 is 1.11 bits per heavy atom. The third-order valence-electron chi connectivity index (χ3n) is 4.07. The molecule has 142 valence electrons. The minimum Gasteiger partial charge on any atom is -0.493 e. The van der Waals surface area contributed by atoms with Gasteiger partial charge in [-0.15, -0.1) is 0 Å². The first kappa shape index (κ1) is 19.4. The minimum atomic E-state index is -0.373. The van der Waals surface area contributed by atoms with Gasteiger partial charge >= 0.3 is 0 Å². The maximum absolute atomic E-state index is 12.8. The summed E-state index contributed by atoms with van der Waals surface area (Å²) in [4.78, 5) is 17.8.